The molecule has 7 nitrogen and oxygen atoms in total. The van der Waals surface area contributed by atoms with Crippen molar-refractivity contribution in [2.24, 2.45) is 0 Å². The predicted molar refractivity (Wildman–Crippen MR) is 71.5 cm³/mol. The summed E-state index contributed by atoms with van der Waals surface area (Å²) < 4.78 is 10.6. The average molecular weight is 300 g/mol. The van der Waals surface area contributed by atoms with Gasteiger partial charge in [0.15, 0.2) is 6.29 Å². The van der Waals surface area contributed by atoms with E-state index in [0.717, 1.165) is 5.56 Å². The third-order valence-electron chi connectivity index (χ3n) is 3.46. The van der Waals surface area contributed by atoms with Crippen molar-refractivity contribution in [3.05, 3.63) is 29.8 Å². The molecule has 0 aliphatic carbocycles. The Balaban J connectivity index is 1.85. The summed E-state index contributed by atoms with van der Waals surface area (Å²) in [5.74, 6) is 0.175. The minimum absolute atomic E-state index is 0.175. The monoisotopic (exact) mass is 300 g/mol. The minimum atomic E-state index is -1.44. The number of aliphatic hydroxyl groups is 4. The predicted octanol–water partition coefficient (Wildman–Crippen LogP) is -1.25. The smallest absolute Gasteiger partial charge is 0.186 e. The first-order valence-corrected chi connectivity index (χ1v) is 6.73. The van der Waals surface area contributed by atoms with E-state index in [2.05, 4.69) is 0 Å². The highest BCUT2D eigenvalue weighted by atomic mass is 16.7. The summed E-state index contributed by atoms with van der Waals surface area (Å²) in [5, 5.41) is 47.3. The fourth-order valence-corrected chi connectivity index (χ4v) is 2.16. The first-order valence-electron chi connectivity index (χ1n) is 6.73. The fourth-order valence-electron chi connectivity index (χ4n) is 2.16. The van der Waals surface area contributed by atoms with E-state index < -0.39 is 37.3 Å². The molecule has 0 aromatic heterocycles. The summed E-state index contributed by atoms with van der Waals surface area (Å²) in [6, 6.07) is 6.60. The van der Waals surface area contributed by atoms with E-state index in [1.165, 1.54) is 0 Å². The van der Waals surface area contributed by atoms with Gasteiger partial charge in [-0.05, 0) is 24.1 Å². The number of hydrogen-bond donors (Lipinski definition) is 5. The van der Waals surface area contributed by atoms with Crippen LogP contribution in [-0.4, -0.2) is 69.5 Å². The normalized spacial score (nSPS) is 33.0. The lowest BCUT2D eigenvalue weighted by Crippen LogP contribution is -2.59. The zero-order valence-electron chi connectivity index (χ0n) is 11.4. The van der Waals surface area contributed by atoms with E-state index in [0.29, 0.717) is 6.42 Å². The van der Waals surface area contributed by atoms with Gasteiger partial charge in [0.1, 0.15) is 30.2 Å². The van der Waals surface area contributed by atoms with Gasteiger partial charge in [0.25, 0.3) is 0 Å². The average Bonchev–Trinajstić information content (AvgIpc) is 2.49. The lowest BCUT2D eigenvalue weighted by atomic mass is 9.99. The van der Waals surface area contributed by atoms with Crippen LogP contribution in [-0.2, 0) is 15.9 Å². The third-order valence-corrected chi connectivity index (χ3v) is 3.46. The molecule has 118 valence electrons. The van der Waals surface area contributed by atoms with Crippen LogP contribution < -0.4 is 0 Å². The summed E-state index contributed by atoms with van der Waals surface area (Å²) in [6.45, 7) is -0.268. The van der Waals surface area contributed by atoms with Crippen LogP contribution in [0.4, 0.5) is 0 Å². The maximum absolute atomic E-state index is 9.78. The zero-order valence-corrected chi connectivity index (χ0v) is 11.4. The van der Waals surface area contributed by atoms with Crippen molar-refractivity contribution < 1.29 is 35.0 Å². The number of aromatic hydroxyl groups is 1. The van der Waals surface area contributed by atoms with Crippen LogP contribution in [0.15, 0.2) is 24.3 Å². The molecule has 0 radical (unpaired) electrons. The summed E-state index contributed by atoms with van der Waals surface area (Å²) in [7, 11) is 0. The van der Waals surface area contributed by atoms with E-state index in [1.54, 1.807) is 24.3 Å². The Bertz CT molecular complexity index is 433. The quantitative estimate of drug-likeness (QED) is 0.461. The second-order valence-electron chi connectivity index (χ2n) is 4.98. The molecule has 1 aromatic carbocycles. The second-order valence-corrected chi connectivity index (χ2v) is 4.98. The second kappa shape index (κ2) is 7.17. The summed E-state index contributed by atoms with van der Waals surface area (Å²) in [6.07, 6.45) is -5.77. The Kier molecular flexibility index (Phi) is 5.51. The Morgan fingerprint density at radius 3 is 2.29 bits per heavy atom. The third kappa shape index (κ3) is 3.91. The van der Waals surface area contributed by atoms with Crippen molar-refractivity contribution in [3.8, 4) is 5.75 Å². The fraction of sp³-hybridized carbons (Fsp3) is 0.571. The number of hydrogen-bond acceptors (Lipinski definition) is 7. The van der Waals surface area contributed by atoms with Crippen LogP contribution >= 0.6 is 0 Å². The van der Waals surface area contributed by atoms with Crippen molar-refractivity contribution in [2.75, 3.05) is 13.2 Å². The molecule has 7 heteroatoms. The standard InChI is InChI=1S/C14H20O7/c15-7-10-11(17)12(18)13(19)14(21-10)20-6-5-8-1-3-9(16)4-2-8/h1-4,10-19H,5-7H2/t10-,11+,12+,13-,14-/m0/s1. The number of rotatable bonds is 5. The van der Waals surface area contributed by atoms with Gasteiger partial charge in [-0.2, -0.15) is 0 Å². The number of phenols is 1. The van der Waals surface area contributed by atoms with Crippen molar-refractivity contribution >= 4 is 0 Å². The van der Waals surface area contributed by atoms with E-state index in [1.807, 2.05) is 0 Å². The Hall–Kier alpha value is -1.22. The highest BCUT2D eigenvalue weighted by molar-refractivity contribution is 5.25. The summed E-state index contributed by atoms with van der Waals surface area (Å²) >= 11 is 0. The molecule has 5 atom stereocenters. The molecule has 0 bridgehead atoms. The van der Waals surface area contributed by atoms with E-state index in [-0.39, 0.29) is 12.4 Å². The van der Waals surface area contributed by atoms with E-state index in [4.69, 9.17) is 14.6 Å². The van der Waals surface area contributed by atoms with Gasteiger partial charge in [-0.1, -0.05) is 12.1 Å². The largest absolute Gasteiger partial charge is 0.508 e. The van der Waals surface area contributed by atoms with Gasteiger partial charge >= 0.3 is 0 Å². The molecule has 0 unspecified atom stereocenters. The molecule has 1 aromatic rings. The van der Waals surface area contributed by atoms with E-state index >= 15 is 0 Å². The van der Waals surface area contributed by atoms with Crippen molar-refractivity contribution in [3.63, 3.8) is 0 Å². The molecule has 1 aliphatic heterocycles. The van der Waals surface area contributed by atoms with Crippen molar-refractivity contribution in [1.82, 2.24) is 0 Å². The Morgan fingerprint density at radius 2 is 1.67 bits per heavy atom. The Labute approximate surface area is 122 Å². The molecule has 0 spiro atoms. The SMILES string of the molecule is OC[C@@H]1O[C@H](OCCc2ccc(O)cc2)[C@@H](O)[C@H](O)[C@@H]1O. The number of phenolic OH excluding ortho intramolecular Hbond substituents is 1. The number of aliphatic hydroxyl groups excluding tert-OH is 4. The topological polar surface area (TPSA) is 120 Å². The van der Waals surface area contributed by atoms with Crippen molar-refractivity contribution in [1.29, 1.82) is 0 Å². The molecule has 21 heavy (non-hydrogen) atoms. The van der Waals surface area contributed by atoms with Gasteiger partial charge in [0.05, 0.1) is 13.2 Å². The minimum Gasteiger partial charge on any atom is -0.508 e. The molecule has 5 N–H and O–H groups in total. The Morgan fingerprint density at radius 1 is 1.00 bits per heavy atom. The van der Waals surface area contributed by atoms with Crippen LogP contribution in [0.25, 0.3) is 0 Å². The zero-order chi connectivity index (χ0) is 15.4. The first kappa shape index (κ1) is 16.2. The van der Waals surface area contributed by atoms with Gasteiger partial charge < -0.3 is 35.0 Å². The molecular formula is C14H20O7. The highest BCUT2D eigenvalue weighted by Crippen LogP contribution is 2.22. The van der Waals surface area contributed by atoms with Gasteiger partial charge in [-0.3, -0.25) is 0 Å². The molecule has 1 aliphatic rings. The molecular weight excluding hydrogens is 280 g/mol. The van der Waals surface area contributed by atoms with E-state index in [9.17, 15) is 20.4 Å². The van der Waals surface area contributed by atoms with Crippen LogP contribution in [0.3, 0.4) is 0 Å². The van der Waals surface area contributed by atoms with Crippen LogP contribution in [0, 0.1) is 0 Å². The molecule has 2 rings (SSSR count). The molecule has 0 amide bonds. The maximum Gasteiger partial charge on any atom is 0.186 e. The summed E-state index contributed by atoms with van der Waals surface area (Å²) in [4.78, 5) is 0. The van der Waals surface area contributed by atoms with Crippen LogP contribution in [0.1, 0.15) is 5.56 Å². The lowest BCUT2D eigenvalue weighted by molar-refractivity contribution is -0.300. The number of ether oxygens (including phenoxy) is 2. The molecule has 1 fully saturated rings. The van der Waals surface area contributed by atoms with Crippen molar-refractivity contribution in [2.45, 2.75) is 37.1 Å². The van der Waals surface area contributed by atoms with Gasteiger partial charge in [0, 0.05) is 0 Å². The summed E-state index contributed by atoms with van der Waals surface area (Å²) in [5.41, 5.74) is 0.928. The lowest BCUT2D eigenvalue weighted by Gasteiger charge is -2.39. The molecule has 1 saturated heterocycles. The van der Waals surface area contributed by atoms with Crippen LogP contribution in [0.2, 0.25) is 0 Å². The van der Waals surface area contributed by atoms with Crippen LogP contribution in [0.5, 0.6) is 5.75 Å². The van der Waals surface area contributed by atoms with Gasteiger partial charge in [-0.25, -0.2) is 0 Å². The number of benzene rings is 1. The molecule has 0 saturated carbocycles. The first-order chi connectivity index (χ1) is 10.0. The maximum atomic E-state index is 9.78. The highest BCUT2D eigenvalue weighted by Gasteiger charge is 2.43. The van der Waals surface area contributed by atoms with Gasteiger partial charge in [-0.15, -0.1) is 0 Å². The van der Waals surface area contributed by atoms with Gasteiger partial charge in [0.2, 0.25) is 0 Å². The molecule has 1 heterocycles.